The number of rotatable bonds is 7. The van der Waals surface area contributed by atoms with Gasteiger partial charge < -0.3 is 0 Å². The molecule has 0 aliphatic heterocycles. The molecule has 1 unspecified atom stereocenters. The van der Waals surface area contributed by atoms with Gasteiger partial charge in [0.25, 0.3) is 0 Å². The molecule has 1 atom stereocenters. The zero-order chi connectivity index (χ0) is 20.9. The van der Waals surface area contributed by atoms with Gasteiger partial charge in [0.15, 0.2) is 0 Å². The van der Waals surface area contributed by atoms with Crippen molar-refractivity contribution in [2.45, 2.75) is 18.4 Å². The molecule has 0 spiro atoms. The first-order valence-electron chi connectivity index (χ1n) is 11.2. The summed E-state index contributed by atoms with van der Waals surface area (Å²) in [7, 11) is 0. The summed E-state index contributed by atoms with van der Waals surface area (Å²) in [5.74, 6) is 0. The van der Waals surface area contributed by atoms with E-state index in [9.17, 15) is 0 Å². The minimum absolute atomic E-state index is 0.566. The first-order valence-corrected chi connectivity index (χ1v) is 15.4. The van der Waals surface area contributed by atoms with Crippen LogP contribution in [-0.4, -0.2) is 0 Å². The second-order valence-corrected chi connectivity index (χ2v) is 15.7. The zero-order valence-corrected chi connectivity index (χ0v) is 19.4. The molecule has 4 aromatic rings. The van der Waals surface area contributed by atoms with Crippen LogP contribution in [0.1, 0.15) is 32.0 Å². The van der Waals surface area contributed by atoms with Crippen LogP contribution in [0.25, 0.3) is 6.08 Å². The maximum atomic E-state index is 2.54. The van der Waals surface area contributed by atoms with E-state index in [1.54, 1.807) is 5.56 Å². The van der Waals surface area contributed by atoms with E-state index >= 15 is 0 Å². The molecule has 1 heteroatoms. The Balaban J connectivity index is 1.65. The van der Waals surface area contributed by atoms with Gasteiger partial charge in [0, 0.05) is 0 Å². The van der Waals surface area contributed by atoms with Crippen molar-refractivity contribution in [1.29, 1.82) is 0 Å². The molecule has 0 N–H and O–H groups in total. The Morgan fingerprint density at radius 2 is 0.903 bits per heavy atom. The molecule has 0 saturated heterocycles. The summed E-state index contributed by atoms with van der Waals surface area (Å²) in [5, 5.41) is 0. The summed E-state index contributed by atoms with van der Waals surface area (Å²) in [5.41, 5.74) is 7.44. The number of benzene rings is 4. The van der Waals surface area contributed by atoms with Crippen LogP contribution in [0.3, 0.4) is 0 Å². The Labute approximate surface area is 189 Å². The average Bonchev–Trinajstić information content (AvgIpc) is 3.26. The molecule has 1 aliphatic rings. The van der Waals surface area contributed by atoms with Crippen molar-refractivity contribution in [3.63, 3.8) is 0 Å². The van der Waals surface area contributed by atoms with Crippen molar-refractivity contribution in [1.82, 2.24) is 0 Å². The summed E-state index contributed by atoms with van der Waals surface area (Å²) in [4.78, 5) is 0. The second kappa shape index (κ2) is 9.22. The standard InChI is InChI=1S/C9H7.3C7H7.Ti/c1-2-5-9-7-3-6-8(9)4-1;3*1-7-5-3-2-4-6-7;/h1-7H;3*2-6H,1H2;. The first kappa shape index (κ1) is 20.2. The number of allylic oxidation sites excluding steroid dienone is 1. The molecule has 0 saturated carbocycles. The van der Waals surface area contributed by atoms with Crippen LogP contribution in [0, 0.1) is 0 Å². The predicted molar refractivity (Wildman–Crippen MR) is 129 cm³/mol. The van der Waals surface area contributed by atoms with Gasteiger partial charge >= 0.3 is 190 Å². The average molecular weight is 436 g/mol. The van der Waals surface area contributed by atoms with Crippen molar-refractivity contribution in [3.05, 3.63) is 149 Å². The molecule has 0 bridgehead atoms. The van der Waals surface area contributed by atoms with Crippen molar-refractivity contribution in [2.24, 2.45) is 0 Å². The van der Waals surface area contributed by atoms with Crippen LogP contribution in [0.15, 0.2) is 121 Å². The van der Waals surface area contributed by atoms with E-state index in [0.29, 0.717) is 4.22 Å². The van der Waals surface area contributed by atoms with E-state index in [1.807, 2.05) is 0 Å². The van der Waals surface area contributed by atoms with Crippen LogP contribution < -0.4 is 0 Å². The van der Waals surface area contributed by atoms with Gasteiger partial charge in [-0.05, 0) is 0 Å². The molecule has 0 fully saturated rings. The van der Waals surface area contributed by atoms with Gasteiger partial charge in [-0.3, -0.25) is 0 Å². The van der Waals surface area contributed by atoms with Crippen LogP contribution in [0.5, 0.6) is 0 Å². The van der Waals surface area contributed by atoms with Gasteiger partial charge in [-0.25, -0.2) is 0 Å². The van der Waals surface area contributed by atoms with Gasteiger partial charge in [0.05, 0.1) is 0 Å². The predicted octanol–water partition coefficient (Wildman–Crippen LogP) is 7.51. The van der Waals surface area contributed by atoms with E-state index in [0.717, 1.165) is 0 Å². The number of hydrogen-bond donors (Lipinski definition) is 0. The summed E-state index contributed by atoms with van der Waals surface area (Å²) in [6, 6.07) is 42.7. The Morgan fingerprint density at radius 1 is 0.484 bits per heavy atom. The number of fused-ring (bicyclic) bond motifs is 1. The van der Waals surface area contributed by atoms with Crippen LogP contribution in [-0.2, 0) is 30.8 Å². The third-order valence-corrected chi connectivity index (χ3v) is 14.7. The SMILES string of the molecule is C1=C[CH]([Ti]([CH2]c2ccccc2)([CH2]c2ccccc2)[CH2]c2ccccc2)c2ccccc21. The Kier molecular flexibility index (Phi) is 6.02. The Hall–Kier alpha value is -2.67. The summed E-state index contributed by atoms with van der Waals surface area (Å²) in [6.07, 6.45) is 4.92. The Bertz CT molecular complexity index is 1050. The molecule has 0 nitrogen and oxygen atoms in total. The van der Waals surface area contributed by atoms with Crippen LogP contribution >= 0.6 is 0 Å². The fourth-order valence-corrected chi connectivity index (χ4v) is 14.1. The normalized spacial score (nSPS) is 15.0. The summed E-state index contributed by atoms with van der Waals surface area (Å²) in [6.45, 7) is 0. The van der Waals surface area contributed by atoms with Gasteiger partial charge in [-0.2, -0.15) is 0 Å². The third kappa shape index (κ3) is 4.52. The molecule has 0 amide bonds. The van der Waals surface area contributed by atoms with Crippen LogP contribution in [0.2, 0.25) is 0 Å². The van der Waals surface area contributed by atoms with E-state index in [1.165, 1.54) is 36.4 Å². The summed E-state index contributed by atoms with van der Waals surface area (Å²) < 4.78 is 4.26. The zero-order valence-electron chi connectivity index (χ0n) is 17.8. The molecule has 0 aromatic heterocycles. The molecule has 5 rings (SSSR count). The molecule has 1 aliphatic carbocycles. The molecule has 31 heavy (non-hydrogen) atoms. The fraction of sp³-hybridized carbons (Fsp3) is 0.133. The topological polar surface area (TPSA) is 0 Å². The Morgan fingerprint density at radius 3 is 1.39 bits per heavy atom. The van der Waals surface area contributed by atoms with E-state index in [2.05, 4.69) is 127 Å². The fourth-order valence-electron chi connectivity index (χ4n) is 5.31. The second-order valence-electron chi connectivity index (χ2n) is 8.82. The molecule has 4 aromatic carbocycles. The van der Waals surface area contributed by atoms with Gasteiger partial charge in [0.2, 0.25) is 0 Å². The van der Waals surface area contributed by atoms with Gasteiger partial charge in [-0.1, -0.05) is 0 Å². The van der Waals surface area contributed by atoms with Crippen molar-refractivity contribution in [3.8, 4) is 0 Å². The molecule has 152 valence electrons. The molecule has 0 heterocycles. The quantitative estimate of drug-likeness (QED) is 0.263. The van der Waals surface area contributed by atoms with E-state index in [4.69, 9.17) is 0 Å². The van der Waals surface area contributed by atoms with Crippen LogP contribution in [0.4, 0.5) is 0 Å². The number of hydrogen-bond acceptors (Lipinski definition) is 0. The van der Waals surface area contributed by atoms with Gasteiger partial charge in [-0.15, -0.1) is 0 Å². The maximum absolute atomic E-state index is 2.61. The van der Waals surface area contributed by atoms with E-state index < -0.39 is 16.6 Å². The van der Waals surface area contributed by atoms with E-state index in [-0.39, 0.29) is 0 Å². The van der Waals surface area contributed by atoms with Gasteiger partial charge in [0.1, 0.15) is 0 Å². The summed E-state index contributed by atoms with van der Waals surface area (Å²) >= 11 is -2.61. The first-order chi connectivity index (χ1) is 15.3. The van der Waals surface area contributed by atoms with Crippen molar-refractivity contribution in [2.75, 3.05) is 0 Å². The third-order valence-electron chi connectivity index (χ3n) is 6.66. The molecular formula is C30H28Ti. The molecular weight excluding hydrogens is 408 g/mol. The van der Waals surface area contributed by atoms with Crippen molar-refractivity contribution >= 4 is 6.08 Å². The minimum atomic E-state index is -2.61. The molecule has 0 radical (unpaired) electrons. The monoisotopic (exact) mass is 436 g/mol. The van der Waals surface area contributed by atoms with Crippen molar-refractivity contribution < 1.29 is 16.6 Å².